The number of imidazole rings is 1. The average Bonchev–Trinajstić information content (AvgIpc) is 3.53. The van der Waals surface area contributed by atoms with Gasteiger partial charge in [-0.3, -0.25) is 4.79 Å². The number of hydrogen-bond acceptors (Lipinski definition) is 6. The zero-order valence-corrected chi connectivity index (χ0v) is 20.8. The predicted octanol–water partition coefficient (Wildman–Crippen LogP) is 4.25. The fraction of sp³-hybridized carbons (Fsp3) is 0.615. The van der Waals surface area contributed by atoms with E-state index in [1.165, 1.54) is 5.56 Å². The van der Waals surface area contributed by atoms with Gasteiger partial charge in [0.05, 0.1) is 6.10 Å². The number of carbonyl (C=O) groups excluding carboxylic acids is 1. The number of amides is 1. The van der Waals surface area contributed by atoms with Gasteiger partial charge in [0.2, 0.25) is 5.95 Å². The van der Waals surface area contributed by atoms with Gasteiger partial charge >= 0.3 is 0 Å². The standard InChI is InChI=1S/C26H37N7O2/c1-3-4-17(2)30-26-29-15-21-22(16-33(24(21)31-26)19-5-7-20(34)8-6-19)18-9-13-32(14-10-18)25(35)23-27-11-12-28-23/h11-12,15-20,34H,3-10,13-14H2,1-2H3,(H,27,28)(H,29,30,31)/t17-,19-,20-/m0/s1. The molecule has 3 aromatic rings. The Bertz CT molecular complexity index is 1130. The highest BCUT2D eigenvalue weighted by Crippen LogP contribution is 2.38. The van der Waals surface area contributed by atoms with Gasteiger partial charge in [0.15, 0.2) is 5.82 Å². The molecule has 35 heavy (non-hydrogen) atoms. The first kappa shape index (κ1) is 23.8. The van der Waals surface area contributed by atoms with Crippen molar-refractivity contribution in [1.82, 2.24) is 29.4 Å². The highest BCUT2D eigenvalue weighted by atomic mass is 16.3. The van der Waals surface area contributed by atoms with Crippen LogP contribution in [0.5, 0.6) is 0 Å². The number of hydrogen-bond donors (Lipinski definition) is 3. The third-order valence-electron chi connectivity index (χ3n) is 7.68. The van der Waals surface area contributed by atoms with Gasteiger partial charge in [-0.05, 0) is 63.4 Å². The summed E-state index contributed by atoms with van der Waals surface area (Å²) in [7, 11) is 0. The normalized spacial score (nSPS) is 22.4. The van der Waals surface area contributed by atoms with Crippen LogP contribution in [-0.4, -0.2) is 65.7 Å². The Balaban J connectivity index is 1.40. The molecule has 3 N–H and O–H groups in total. The van der Waals surface area contributed by atoms with E-state index in [2.05, 4.69) is 44.9 Å². The van der Waals surface area contributed by atoms with Gasteiger partial charge in [0.25, 0.3) is 5.91 Å². The summed E-state index contributed by atoms with van der Waals surface area (Å²) in [6.45, 7) is 5.77. The summed E-state index contributed by atoms with van der Waals surface area (Å²) in [5.74, 6) is 1.41. The number of aliphatic hydroxyl groups is 1. The number of piperidine rings is 1. The molecule has 188 valence electrons. The summed E-state index contributed by atoms with van der Waals surface area (Å²) in [5.41, 5.74) is 2.26. The summed E-state index contributed by atoms with van der Waals surface area (Å²) >= 11 is 0. The second kappa shape index (κ2) is 10.4. The van der Waals surface area contributed by atoms with E-state index in [0.29, 0.717) is 42.9 Å². The Morgan fingerprint density at radius 3 is 2.66 bits per heavy atom. The summed E-state index contributed by atoms with van der Waals surface area (Å²) in [5, 5.41) is 14.6. The lowest BCUT2D eigenvalue weighted by Crippen LogP contribution is -2.38. The van der Waals surface area contributed by atoms with Gasteiger partial charge in [-0.1, -0.05) is 13.3 Å². The molecule has 2 fully saturated rings. The van der Waals surface area contributed by atoms with Crippen molar-refractivity contribution in [2.24, 2.45) is 0 Å². The van der Waals surface area contributed by atoms with Gasteiger partial charge in [-0.15, -0.1) is 0 Å². The number of H-pyrrole nitrogens is 1. The Kier molecular flexibility index (Phi) is 7.04. The summed E-state index contributed by atoms with van der Waals surface area (Å²) < 4.78 is 2.34. The van der Waals surface area contributed by atoms with E-state index >= 15 is 0 Å². The SMILES string of the molecule is CCC[C@H](C)Nc1ncc2c(C3CCN(C(=O)c4ncc[nH]4)CC3)cn([C@H]3CC[C@H](O)CC3)c2n1. The summed E-state index contributed by atoms with van der Waals surface area (Å²) in [6.07, 6.45) is 15.0. The number of aromatic amines is 1. The first-order valence-corrected chi connectivity index (χ1v) is 13.1. The number of fused-ring (bicyclic) bond motifs is 1. The maximum Gasteiger partial charge on any atom is 0.289 e. The number of likely N-dealkylation sites (tertiary alicyclic amines) is 1. The van der Waals surface area contributed by atoms with E-state index in [0.717, 1.165) is 62.4 Å². The van der Waals surface area contributed by atoms with E-state index in [9.17, 15) is 9.90 Å². The molecule has 9 nitrogen and oxygen atoms in total. The quantitative estimate of drug-likeness (QED) is 0.467. The minimum atomic E-state index is -0.190. The number of carbonyl (C=O) groups is 1. The summed E-state index contributed by atoms with van der Waals surface area (Å²) in [6, 6.07) is 0.660. The second-order valence-electron chi connectivity index (χ2n) is 10.2. The summed E-state index contributed by atoms with van der Waals surface area (Å²) in [4.78, 5) is 31.3. The van der Waals surface area contributed by atoms with E-state index < -0.39 is 0 Å². The van der Waals surface area contributed by atoms with E-state index in [4.69, 9.17) is 4.98 Å². The Morgan fingerprint density at radius 2 is 1.97 bits per heavy atom. The number of aliphatic hydroxyl groups excluding tert-OH is 1. The van der Waals surface area contributed by atoms with Gasteiger partial charge in [0.1, 0.15) is 5.65 Å². The van der Waals surface area contributed by atoms with Crippen LogP contribution >= 0.6 is 0 Å². The van der Waals surface area contributed by atoms with Crippen LogP contribution in [0.15, 0.2) is 24.8 Å². The molecule has 1 atom stereocenters. The van der Waals surface area contributed by atoms with Crippen molar-refractivity contribution in [2.45, 2.75) is 89.3 Å². The van der Waals surface area contributed by atoms with Crippen LogP contribution < -0.4 is 5.32 Å². The van der Waals surface area contributed by atoms with Crippen LogP contribution in [0.25, 0.3) is 11.0 Å². The maximum absolute atomic E-state index is 12.7. The molecule has 1 saturated heterocycles. The third kappa shape index (κ3) is 5.05. The van der Waals surface area contributed by atoms with E-state index in [-0.39, 0.29) is 12.0 Å². The van der Waals surface area contributed by atoms with Gasteiger partial charge < -0.3 is 24.9 Å². The number of rotatable bonds is 7. The van der Waals surface area contributed by atoms with Crippen molar-refractivity contribution in [2.75, 3.05) is 18.4 Å². The molecule has 0 unspecified atom stereocenters. The smallest absolute Gasteiger partial charge is 0.289 e. The van der Waals surface area contributed by atoms with Crippen molar-refractivity contribution in [3.8, 4) is 0 Å². The lowest BCUT2D eigenvalue weighted by Gasteiger charge is -2.31. The molecular weight excluding hydrogens is 442 g/mol. The van der Waals surface area contributed by atoms with E-state index in [1.54, 1.807) is 12.4 Å². The second-order valence-corrected chi connectivity index (χ2v) is 10.2. The lowest BCUT2D eigenvalue weighted by molar-refractivity contribution is 0.0702. The first-order valence-electron chi connectivity index (χ1n) is 13.1. The third-order valence-corrected chi connectivity index (χ3v) is 7.68. The molecule has 3 aromatic heterocycles. The molecule has 1 saturated carbocycles. The Labute approximate surface area is 206 Å². The van der Waals surface area contributed by atoms with Crippen LogP contribution in [0.1, 0.15) is 93.4 Å². The maximum atomic E-state index is 12.7. The molecule has 0 spiro atoms. The molecular formula is C26H37N7O2. The molecule has 5 rings (SSSR count). The Hall–Kier alpha value is -2.94. The van der Waals surface area contributed by atoms with Crippen molar-refractivity contribution in [1.29, 1.82) is 0 Å². The molecule has 9 heteroatoms. The molecule has 1 aliphatic carbocycles. The molecule has 1 aliphatic heterocycles. The van der Waals surface area contributed by atoms with Crippen molar-refractivity contribution < 1.29 is 9.90 Å². The average molecular weight is 480 g/mol. The molecule has 4 heterocycles. The molecule has 0 bridgehead atoms. The molecule has 0 aromatic carbocycles. The van der Waals surface area contributed by atoms with Crippen LogP contribution in [0, 0.1) is 0 Å². The molecule has 0 radical (unpaired) electrons. The fourth-order valence-corrected chi connectivity index (χ4v) is 5.71. The van der Waals surface area contributed by atoms with Crippen LogP contribution in [0.2, 0.25) is 0 Å². The zero-order chi connectivity index (χ0) is 24.4. The molecule has 1 amide bonds. The van der Waals surface area contributed by atoms with Crippen LogP contribution in [0.4, 0.5) is 5.95 Å². The monoisotopic (exact) mass is 479 g/mol. The van der Waals surface area contributed by atoms with Crippen LogP contribution in [-0.2, 0) is 0 Å². The van der Waals surface area contributed by atoms with Gasteiger partial charge in [-0.25, -0.2) is 9.97 Å². The van der Waals surface area contributed by atoms with Crippen molar-refractivity contribution in [3.05, 3.63) is 36.2 Å². The number of aromatic nitrogens is 5. The molecule has 2 aliphatic rings. The van der Waals surface area contributed by atoms with Crippen LogP contribution in [0.3, 0.4) is 0 Å². The predicted molar refractivity (Wildman–Crippen MR) is 135 cm³/mol. The minimum absolute atomic E-state index is 0.0307. The van der Waals surface area contributed by atoms with Gasteiger partial charge in [-0.2, -0.15) is 4.98 Å². The van der Waals surface area contributed by atoms with Gasteiger partial charge in [0, 0.05) is 55.3 Å². The largest absolute Gasteiger partial charge is 0.393 e. The highest BCUT2D eigenvalue weighted by molar-refractivity contribution is 5.90. The number of nitrogens with one attached hydrogen (secondary N) is 2. The number of nitrogens with zero attached hydrogens (tertiary/aromatic N) is 5. The zero-order valence-electron chi connectivity index (χ0n) is 20.8. The lowest BCUT2D eigenvalue weighted by atomic mass is 9.89. The van der Waals surface area contributed by atoms with E-state index in [1.807, 2.05) is 11.1 Å². The highest BCUT2D eigenvalue weighted by Gasteiger charge is 2.30. The fourth-order valence-electron chi connectivity index (χ4n) is 5.71. The topological polar surface area (TPSA) is 112 Å². The first-order chi connectivity index (χ1) is 17.0. The number of anilines is 1. The Morgan fingerprint density at radius 1 is 1.20 bits per heavy atom. The van der Waals surface area contributed by atoms with Crippen molar-refractivity contribution in [3.63, 3.8) is 0 Å². The van der Waals surface area contributed by atoms with Crippen molar-refractivity contribution >= 4 is 22.9 Å². The minimum Gasteiger partial charge on any atom is -0.393 e.